The van der Waals surface area contributed by atoms with Gasteiger partial charge in [-0.2, -0.15) is 5.10 Å². The molecule has 2 rings (SSSR count). The lowest BCUT2D eigenvalue weighted by atomic mass is 9.94. The zero-order valence-electron chi connectivity index (χ0n) is 8.90. The lowest BCUT2D eigenvalue weighted by molar-refractivity contribution is 0.246. The van der Waals surface area contributed by atoms with Crippen LogP contribution in [0.4, 0.5) is 5.69 Å². The van der Waals surface area contributed by atoms with E-state index < -0.39 is 0 Å². The molecule has 0 amide bonds. The molecule has 0 saturated carbocycles. The highest BCUT2D eigenvalue weighted by atomic mass is 15.3. The Morgan fingerprint density at radius 2 is 2.29 bits per heavy atom. The van der Waals surface area contributed by atoms with Crippen LogP contribution < -0.4 is 5.73 Å². The molecule has 14 heavy (non-hydrogen) atoms. The largest absolute Gasteiger partial charge is 0.396 e. The average molecular weight is 194 g/mol. The Balaban J connectivity index is 2.21. The summed E-state index contributed by atoms with van der Waals surface area (Å²) < 4.78 is 1.92. The fourth-order valence-electron chi connectivity index (χ4n) is 2.35. The molecule has 2 heterocycles. The molecule has 1 atom stereocenters. The molecule has 2 N–H and O–H groups in total. The Hall–Kier alpha value is -1.03. The van der Waals surface area contributed by atoms with Crippen LogP contribution in [0.15, 0.2) is 6.20 Å². The van der Waals surface area contributed by atoms with Crippen LogP contribution in [0, 0.1) is 0 Å². The van der Waals surface area contributed by atoms with E-state index in [1.54, 1.807) is 6.20 Å². The maximum atomic E-state index is 5.92. The number of nitrogens with zero attached hydrogens (tertiary/aromatic N) is 3. The highest BCUT2D eigenvalue weighted by Gasteiger charge is 2.23. The first-order chi connectivity index (χ1) is 6.68. The second-order valence-electron chi connectivity index (χ2n) is 4.21. The molecule has 0 radical (unpaired) electrons. The number of likely N-dealkylation sites (tertiary alicyclic amines) is 1. The summed E-state index contributed by atoms with van der Waals surface area (Å²) >= 11 is 0. The predicted molar refractivity (Wildman–Crippen MR) is 57.1 cm³/mol. The van der Waals surface area contributed by atoms with Gasteiger partial charge in [0.25, 0.3) is 0 Å². The quantitative estimate of drug-likeness (QED) is 0.719. The smallest absolute Gasteiger partial charge is 0.0736 e. The topological polar surface area (TPSA) is 47.1 Å². The van der Waals surface area contributed by atoms with E-state index in [1.165, 1.54) is 25.1 Å². The fraction of sp³-hybridized carbons (Fsp3) is 0.700. The van der Waals surface area contributed by atoms with Crippen LogP contribution in [0.3, 0.4) is 0 Å². The molecule has 4 nitrogen and oxygen atoms in total. The van der Waals surface area contributed by atoms with E-state index in [9.17, 15) is 0 Å². The van der Waals surface area contributed by atoms with Gasteiger partial charge in [-0.1, -0.05) is 0 Å². The van der Waals surface area contributed by atoms with Crippen LogP contribution in [0.25, 0.3) is 0 Å². The van der Waals surface area contributed by atoms with Gasteiger partial charge in [-0.25, -0.2) is 0 Å². The SMILES string of the molecule is CN1CCCC(c2c(N)cnn2C)C1. The summed E-state index contributed by atoms with van der Waals surface area (Å²) in [5.41, 5.74) is 7.96. The molecule has 1 aromatic heterocycles. The third-order valence-corrected chi connectivity index (χ3v) is 3.03. The number of rotatable bonds is 1. The maximum Gasteiger partial charge on any atom is 0.0736 e. The Kier molecular flexibility index (Phi) is 2.46. The highest BCUT2D eigenvalue weighted by Crippen LogP contribution is 2.29. The van der Waals surface area contributed by atoms with Crippen molar-refractivity contribution in [2.24, 2.45) is 7.05 Å². The van der Waals surface area contributed by atoms with E-state index in [4.69, 9.17) is 5.73 Å². The zero-order valence-corrected chi connectivity index (χ0v) is 8.90. The highest BCUT2D eigenvalue weighted by molar-refractivity contribution is 5.43. The van der Waals surface area contributed by atoms with E-state index in [1.807, 2.05) is 11.7 Å². The minimum absolute atomic E-state index is 0.557. The lowest BCUT2D eigenvalue weighted by Crippen LogP contribution is -2.32. The van der Waals surface area contributed by atoms with E-state index in [2.05, 4.69) is 17.0 Å². The number of likely N-dealkylation sites (N-methyl/N-ethyl adjacent to an activating group) is 1. The average Bonchev–Trinajstić information content (AvgIpc) is 2.46. The first kappa shape index (κ1) is 9.52. The second kappa shape index (κ2) is 3.61. The monoisotopic (exact) mass is 194 g/mol. The number of piperidine rings is 1. The molecule has 0 spiro atoms. The van der Waals surface area contributed by atoms with Crippen molar-refractivity contribution in [3.63, 3.8) is 0 Å². The van der Waals surface area contributed by atoms with Crippen LogP contribution in [-0.2, 0) is 7.05 Å². The normalized spacial score (nSPS) is 24.0. The third kappa shape index (κ3) is 1.62. The Labute approximate surface area is 84.7 Å². The third-order valence-electron chi connectivity index (χ3n) is 3.03. The van der Waals surface area contributed by atoms with Gasteiger partial charge < -0.3 is 10.6 Å². The van der Waals surface area contributed by atoms with Crippen molar-refractivity contribution < 1.29 is 0 Å². The van der Waals surface area contributed by atoms with Gasteiger partial charge in [0.1, 0.15) is 0 Å². The van der Waals surface area contributed by atoms with Gasteiger partial charge in [0, 0.05) is 19.5 Å². The van der Waals surface area contributed by atoms with Crippen molar-refractivity contribution in [3.05, 3.63) is 11.9 Å². The number of nitrogen functional groups attached to an aromatic ring is 1. The Morgan fingerprint density at radius 3 is 2.86 bits per heavy atom. The van der Waals surface area contributed by atoms with E-state index in [-0.39, 0.29) is 0 Å². The number of nitrogens with two attached hydrogens (primary N) is 1. The summed E-state index contributed by atoms with van der Waals surface area (Å²) in [7, 11) is 4.14. The predicted octanol–water partition coefficient (Wildman–Crippen LogP) is 0.811. The Bertz CT molecular complexity index is 298. The van der Waals surface area contributed by atoms with Crippen LogP contribution in [-0.4, -0.2) is 34.8 Å². The number of aromatic nitrogens is 2. The van der Waals surface area contributed by atoms with Gasteiger partial charge in [-0.3, -0.25) is 4.68 Å². The molecule has 1 unspecified atom stereocenters. The van der Waals surface area contributed by atoms with Gasteiger partial charge in [-0.15, -0.1) is 0 Å². The fourth-order valence-corrected chi connectivity index (χ4v) is 2.35. The molecule has 0 bridgehead atoms. The van der Waals surface area contributed by atoms with Crippen LogP contribution >= 0.6 is 0 Å². The lowest BCUT2D eigenvalue weighted by Gasteiger charge is -2.29. The van der Waals surface area contributed by atoms with E-state index in [0.29, 0.717) is 5.92 Å². The van der Waals surface area contributed by atoms with Gasteiger partial charge in [0.05, 0.1) is 17.6 Å². The van der Waals surface area contributed by atoms with Crippen molar-refractivity contribution in [1.29, 1.82) is 0 Å². The van der Waals surface area contributed by atoms with Crippen LogP contribution in [0.2, 0.25) is 0 Å². The second-order valence-corrected chi connectivity index (χ2v) is 4.21. The molecular formula is C10H18N4. The maximum absolute atomic E-state index is 5.92. The van der Waals surface area contributed by atoms with Crippen molar-refractivity contribution in [3.8, 4) is 0 Å². The molecule has 0 aromatic carbocycles. The molecule has 4 heteroatoms. The number of aryl methyl sites for hydroxylation is 1. The van der Waals surface area contributed by atoms with Crippen LogP contribution in [0.1, 0.15) is 24.5 Å². The first-order valence-corrected chi connectivity index (χ1v) is 5.14. The standard InChI is InChI=1S/C10H18N4/c1-13-5-3-4-8(7-13)10-9(11)6-12-14(10)2/h6,8H,3-5,7,11H2,1-2H3. The van der Waals surface area contributed by atoms with Crippen molar-refractivity contribution >= 4 is 5.69 Å². The number of hydrogen-bond donors (Lipinski definition) is 1. The molecular weight excluding hydrogens is 176 g/mol. The molecule has 1 aliphatic heterocycles. The van der Waals surface area contributed by atoms with Crippen molar-refractivity contribution in [1.82, 2.24) is 14.7 Å². The van der Waals surface area contributed by atoms with Crippen LogP contribution in [0.5, 0.6) is 0 Å². The molecule has 1 saturated heterocycles. The minimum Gasteiger partial charge on any atom is -0.396 e. The van der Waals surface area contributed by atoms with E-state index in [0.717, 1.165) is 12.2 Å². The van der Waals surface area contributed by atoms with Gasteiger partial charge >= 0.3 is 0 Å². The van der Waals surface area contributed by atoms with Gasteiger partial charge in [0.2, 0.25) is 0 Å². The molecule has 1 aromatic rings. The molecule has 1 fully saturated rings. The molecule has 1 aliphatic rings. The summed E-state index contributed by atoms with van der Waals surface area (Å²) in [5.74, 6) is 0.557. The summed E-state index contributed by atoms with van der Waals surface area (Å²) in [6, 6.07) is 0. The van der Waals surface area contributed by atoms with Gasteiger partial charge in [-0.05, 0) is 26.4 Å². The number of anilines is 1. The zero-order chi connectivity index (χ0) is 10.1. The molecule has 78 valence electrons. The minimum atomic E-state index is 0.557. The summed E-state index contributed by atoms with van der Waals surface area (Å²) in [5, 5.41) is 4.19. The van der Waals surface area contributed by atoms with Crippen molar-refractivity contribution in [2.75, 3.05) is 25.9 Å². The summed E-state index contributed by atoms with van der Waals surface area (Å²) in [6.07, 6.45) is 4.24. The molecule has 0 aliphatic carbocycles. The number of hydrogen-bond acceptors (Lipinski definition) is 3. The summed E-state index contributed by atoms with van der Waals surface area (Å²) in [4.78, 5) is 2.36. The van der Waals surface area contributed by atoms with Gasteiger partial charge in [0.15, 0.2) is 0 Å². The van der Waals surface area contributed by atoms with E-state index >= 15 is 0 Å². The Morgan fingerprint density at radius 1 is 1.50 bits per heavy atom. The van der Waals surface area contributed by atoms with Crippen molar-refractivity contribution in [2.45, 2.75) is 18.8 Å². The summed E-state index contributed by atoms with van der Waals surface area (Å²) in [6.45, 7) is 2.30. The first-order valence-electron chi connectivity index (χ1n) is 5.14.